The third-order valence-electron chi connectivity index (χ3n) is 2.50. The number of aromatic nitrogens is 1. The Morgan fingerprint density at radius 1 is 1.38 bits per heavy atom. The van der Waals surface area contributed by atoms with Crippen molar-refractivity contribution < 1.29 is 9.00 Å². The number of pyridine rings is 1. The SMILES string of the molecule is Nc1ccc(C(=O)N2CCS(=O)CC2)cn1. The minimum absolute atomic E-state index is 0.0656. The molecule has 86 valence electrons. The molecule has 0 unspecified atom stereocenters. The average Bonchev–Trinajstić information content (AvgIpc) is 2.30. The molecule has 1 aliphatic heterocycles. The molecule has 16 heavy (non-hydrogen) atoms. The Hall–Kier alpha value is -1.43. The lowest BCUT2D eigenvalue weighted by Gasteiger charge is -2.26. The first kappa shape index (κ1) is 11.1. The second-order valence-corrected chi connectivity index (χ2v) is 5.31. The van der Waals surface area contributed by atoms with Crippen LogP contribution in [0.5, 0.6) is 0 Å². The number of nitrogens with zero attached hydrogens (tertiary/aromatic N) is 2. The number of amides is 1. The molecule has 1 aromatic heterocycles. The largest absolute Gasteiger partial charge is 0.384 e. The van der Waals surface area contributed by atoms with E-state index in [9.17, 15) is 9.00 Å². The van der Waals surface area contributed by atoms with Crippen LogP contribution in [0.15, 0.2) is 18.3 Å². The van der Waals surface area contributed by atoms with E-state index in [2.05, 4.69) is 4.98 Å². The topological polar surface area (TPSA) is 76.3 Å². The molecule has 6 heteroatoms. The minimum atomic E-state index is -0.767. The summed E-state index contributed by atoms with van der Waals surface area (Å²) >= 11 is 0. The van der Waals surface area contributed by atoms with Gasteiger partial charge in [-0.2, -0.15) is 0 Å². The van der Waals surface area contributed by atoms with E-state index in [0.29, 0.717) is 36.0 Å². The Morgan fingerprint density at radius 3 is 2.62 bits per heavy atom. The highest BCUT2D eigenvalue weighted by atomic mass is 32.2. The van der Waals surface area contributed by atoms with Crippen molar-refractivity contribution in [1.29, 1.82) is 0 Å². The monoisotopic (exact) mass is 239 g/mol. The van der Waals surface area contributed by atoms with E-state index in [-0.39, 0.29) is 5.91 Å². The first-order valence-electron chi connectivity index (χ1n) is 5.02. The summed E-state index contributed by atoms with van der Waals surface area (Å²) in [5.41, 5.74) is 5.98. The van der Waals surface area contributed by atoms with Crippen molar-refractivity contribution in [2.45, 2.75) is 0 Å². The maximum atomic E-state index is 12.0. The van der Waals surface area contributed by atoms with Crippen molar-refractivity contribution >= 4 is 22.5 Å². The lowest BCUT2D eigenvalue weighted by Crippen LogP contribution is -2.41. The molecule has 0 radical (unpaired) electrons. The number of carbonyl (C=O) groups excluding carboxylic acids is 1. The Morgan fingerprint density at radius 2 is 2.06 bits per heavy atom. The number of rotatable bonds is 1. The van der Waals surface area contributed by atoms with Gasteiger partial charge in [-0.1, -0.05) is 0 Å². The van der Waals surface area contributed by atoms with Crippen molar-refractivity contribution in [3.05, 3.63) is 23.9 Å². The van der Waals surface area contributed by atoms with E-state index < -0.39 is 10.8 Å². The number of carbonyl (C=O) groups is 1. The molecule has 0 aliphatic carbocycles. The van der Waals surface area contributed by atoms with Gasteiger partial charge in [-0.25, -0.2) is 4.98 Å². The van der Waals surface area contributed by atoms with Gasteiger partial charge in [-0.15, -0.1) is 0 Å². The highest BCUT2D eigenvalue weighted by molar-refractivity contribution is 7.85. The summed E-state index contributed by atoms with van der Waals surface area (Å²) in [4.78, 5) is 17.5. The normalized spacial score (nSPS) is 17.4. The Kier molecular flexibility index (Phi) is 3.19. The highest BCUT2D eigenvalue weighted by Crippen LogP contribution is 2.08. The van der Waals surface area contributed by atoms with Crippen molar-refractivity contribution in [1.82, 2.24) is 9.88 Å². The molecule has 1 aliphatic rings. The van der Waals surface area contributed by atoms with Crippen LogP contribution in [0.1, 0.15) is 10.4 Å². The van der Waals surface area contributed by atoms with Crippen molar-refractivity contribution in [3.63, 3.8) is 0 Å². The maximum absolute atomic E-state index is 12.0. The minimum Gasteiger partial charge on any atom is -0.384 e. The smallest absolute Gasteiger partial charge is 0.255 e. The summed E-state index contributed by atoms with van der Waals surface area (Å²) in [7, 11) is -0.767. The molecule has 2 heterocycles. The number of hydrogen-bond acceptors (Lipinski definition) is 4. The van der Waals surface area contributed by atoms with E-state index in [1.807, 2.05) is 0 Å². The Balaban J connectivity index is 2.07. The van der Waals surface area contributed by atoms with Gasteiger partial charge in [0.2, 0.25) is 0 Å². The van der Waals surface area contributed by atoms with Crippen molar-refractivity contribution in [2.24, 2.45) is 0 Å². The molecule has 0 saturated carbocycles. The van der Waals surface area contributed by atoms with Gasteiger partial charge < -0.3 is 10.6 Å². The van der Waals surface area contributed by atoms with Gasteiger partial charge in [0.15, 0.2) is 0 Å². The maximum Gasteiger partial charge on any atom is 0.255 e. The van der Waals surface area contributed by atoms with E-state index in [4.69, 9.17) is 5.73 Å². The van der Waals surface area contributed by atoms with Crippen LogP contribution >= 0.6 is 0 Å². The lowest BCUT2D eigenvalue weighted by atomic mass is 10.2. The summed E-state index contributed by atoms with van der Waals surface area (Å²) in [5.74, 6) is 1.46. The molecule has 0 bridgehead atoms. The van der Waals surface area contributed by atoms with Gasteiger partial charge in [0.1, 0.15) is 5.82 Å². The van der Waals surface area contributed by atoms with Crippen LogP contribution in [0.25, 0.3) is 0 Å². The lowest BCUT2D eigenvalue weighted by molar-refractivity contribution is 0.0771. The van der Waals surface area contributed by atoms with Gasteiger partial charge in [0.05, 0.1) is 5.56 Å². The van der Waals surface area contributed by atoms with Gasteiger partial charge in [-0.05, 0) is 12.1 Å². The zero-order valence-electron chi connectivity index (χ0n) is 8.76. The molecule has 2 N–H and O–H groups in total. The van der Waals surface area contributed by atoms with Crippen molar-refractivity contribution in [3.8, 4) is 0 Å². The molecule has 1 fully saturated rings. The van der Waals surface area contributed by atoms with Gasteiger partial charge in [-0.3, -0.25) is 9.00 Å². The van der Waals surface area contributed by atoms with Crippen LogP contribution in [-0.4, -0.2) is 44.6 Å². The highest BCUT2D eigenvalue weighted by Gasteiger charge is 2.21. The molecular formula is C10H13N3O2S. The summed E-state index contributed by atoms with van der Waals surface area (Å²) in [6, 6.07) is 3.27. The van der Waals surface area contributed by atoms with Crippen molar-refractivity contribution in [2.75, 3.05) is 30.3 Å². The predicted octanol–water partition coefficient (Wildman–Crippen LogP) is -0.132. The van der Waals surface area contributed by atoms with Gasteiger partial charge in [0.25, 0.3) is 5.91 Å². The van der Waals surface area contributed by atoms with Crippen LogP contribution in [0.3, 0.4) is 0 Å². The summed E-state index contributed by atoms with van der Waals surface area (Å²) in [6.45, 7) is 1.10. The van der Waals surface area contributed by atoms with Crippen LogP contribution in [0.4, 0.5) is 5.82 Å². The molecule has 1 saturated heterocycles. The fourth-order valence-corrected chi connectivity index (χ4v) is 2.61. The predicted molar refractivity (Wildman–Crippen MR) is 62.4 cm³/mol. The molecule has 2 rings (SSSR count). The second kappa shape index (κ2) is 4.61. The molecule has 5 nitrogen and oxygen atoms in total. The van der Waals surface area contributed by atoms with Crippen LogP contribution < -0.4 is 5.73 Å². The molecular weight excluding hydrogens is 226 g/mol. The quantitative estimate of drug-likeness (QED) is 0.740. The Bertz CT molecular complexity index is 409. The zero-order valence-corrected chi connectivity index (χ0v) is 9.57. The standard InChI is InChI=1S/C10H13N3O2S/c11-9-2-1-8(7-12-9)10(14)13-3-5-16(15)6-4-13/h1-2,7H,3-6H2,(H2,11,12). The molecule has 0 atom stereocenters. The van der Waals surface area contributed by atoms with Gasteiger partial charge in [0, 0.05) is 41.6 Å². The third-order valence-corrected chi connectivity index (χ3v) is 3.77. The Labute approximate surface area is 96.1 Å². The fourth-order valence-electron chi connectivity index (χ4n) is 1.56. The average molecular weight is 239 g/mol. The number of nitrogen functional groups attached to an aromatic ring is 1. The van der Waals surface area contributed by atoms with Gasteiger partial charge >= 0.3 is 0 Å². The van der Waals surface area contributed by atoms with E-state index in [0.717, 1.165) is 0 Å². The molecule has 0 aromatic carbocycles. The second-order valence-electron chi connectivity index (χ2n) is 3.61. The molecule has 1 aromatic rings. The third kappa shape index (κ3) is 2.38. The van der Waals surface area contributed by atoms with E-state index >= 15 is 0 Å². The molecule has 1 amide bonds. The molecule has 0 spiro atoms. The van der Waals surface area contributed by atoms with E-state index in [1.54, 1.807) is 17.0 Å². The summed E-state index contributed by atoms with van der Waals surface area (Å²) < 4.78 is 11.2. The first-order chi connectivity index (χ1) is 7.66. The van der Waals surface area contributed by atoms with Crippen LogP contribution in [0.2, 0.25) is 0 Å². The number of nitrogens with two attached hydrogens (primary N) is 1. The summed E-state index contributed by atoms with van der Waals surface area (Å²) in [5, 5.41) is 0. The van der Waals surface area contributed by atoms with Crippen LogP contribution in [-0.2, 0) is 10.8 Å². The van der Waals surface area contributed by atoms with Crippen LogP contribution in [0, 0.1) is 0 Å². The summed E-state index contributed by atoms with van der Waals surface area (Å²) in [6.07, 6.45) is 1.48. The number of anilines is 1. The number of hydrogen-bond donors (Lipinski definition) is 1. The zero-order chi connectivity index (χ0) is 11.5. The van der Waals surface area contributed by atoms with E-state index in [1.165, 1.54) is 6.20 Å². The fraction of sp³-hybridized carbons (Fsp3) is 0.400. The first-order valence-corrected chi connectivity index (χ1v) is 6.51.